The average Bonchev–Trinajstić information content (AvgIpc) is 2.86. The van der Waals surface area contributed by atoms with Gasteiger partial charge in [-0.15, -0.1) is 23.2 Å². The largest absolute Gasteiger partial charge is 0.272 e. The van der Waals surface area contributed by atoms with Gasteiger partial charge in [-0.2, -0.15) is 5.06 Å². The van der Waals surface area contributed by atoms with Crippen LogP contribution in [0.1, 0.15) is 19.8 Å². The normalized spacial score (nSPS) is 41.3. The molecule has 0 aromatic rings. The maximum Gasteiger partial charge on any atom is 0.259 e. The third-order valence-electron chi connectivity index (χ3n) is 4.59. The number of hydroxylamine groups is 2. The number of hydrogen-bond acceptors (Lipinski definition) is 3. The van der Waals surface area contributed by atoms with Gasteiger partial charge in [-0.05, 0) is 6.42 Å². The summed E-state index contributed by atoms with van der Waals surface area (Å²) in [5.74, 6) is -3.61. The highest BCUT2D eigenvalue weighted by molar-refractivity contribution is 6.66. The molecule has 2 fully saturated rings. The molecule has 2 amide bonds. The zero-order valence-corrected chi connectivity index (χ0v) is 16.3. The van der Waals surface area contributed by atoms with Gasteiger partial charge in [0.15, 0.2) is 4.33 Å². The molecule has 23 heavy (non-hydrogen) atoms. The van der Waals surface area contributed by atoms with Gasteiger partial charge in [-0.25, -0.2) is 0 Å². The fourth-order valence-electron chi connectivity index (χ4n) is 3.40. The lowest BCUT2D eigenvalue weighted by Crippen LogP contribution is -2.50. The number of rotatable bonds is 4. The zero-order valence-electron chi connectivity index (χ0n) is 11.7. The Morgan fingerprint density at radius 3 is 1.83 bits per heavy atom. The average molecular weight is 442 g/mol. The molecule has 2 bridgehead atoms. The van der Waals surface area contributed by atoms with Crippen LogP contribution < -0.4 is 0 Å². The molecule has 1 aliphatic heterocycles. The summed E-state index contributed by atoms with van der Waals surface area (Å²) >= 11 is 38.1. The first-order valence-corrected chi connectivity index (χ1v) is 9.17. The molecule has 3 aliphatic rings. The van der Waals surface area contributed by atoms with Crippen LogP contribution in [-0.2, 0) is 14.4 Å². The molecule has 0 spiro atoms. The van der Waals surface area contributed by atoms with Gasteiger partial charge in [0, 0.05) is 0 Å². The summed E-state index contributed by atoms with van der Waals surface area (Å²) in [7, 11) is 0. The Morgan fingerprint density at radius 2 is 1.43 bits per heavy atom. The van der Waals surface area contributed by atoms with Gasteiger partial charge in [0.25, 0.3) is 11.8 Å². The van der Waals surface area contributed by atoms with E-state index in [0.29, 0.717) is 11.5 Å². The molecule has 4 nitrogen and oxygen atoms in total. The molecule has 0 unspecified atom stereocenters. The minimum absolute atomic E-state index is 0.112. The monoisotopic (exact) mass is 439 g/mol. The number of hydrogen-bond donors (Lipinski definition) is 0. The summed E-state index contributed by atoms with van der Waals surface area (Å²) < 4.78 is -1.91. The second-order valence-corrected chi connectivity index (χ2v) is 9.01. The van der Waals surface area contributed by atoms with Crippen LogP contribution >= 0.6 is 69.6 Å². The lowest BCUT2D eigenvalue weighted by Gasteiger charge is -2.34. The van der Waals surface area contributed by atoms with E-state index in [2.05, 4.69) is 0 Å². The van der Waals surface area contributed by atoms with E-state index < -0.39 is 37.7 Å². The molecule has 0 aromatic carbocycles. The second-order valence-electron chi connectivity index (χ2n) is 5.74. The van der Waals surface area contributed by atoms with E-state index in [9.17, 15) is 9.59 Å². The van der Waals surface area contributed by atoms with E-state index in [4.69, 9.17) is 74.4 Å². The fourth-order valence-corrected chi connectivity index (χ4v) is 6.33. The molecule has 0 aromatic heterocycles. The highest BCUT2D eigenvalue weighted by atomic mass is 35.5. The number of alkyl halides is 4. The topological polar surface area (TPSA) is 46.6 Å². The standard InChI is InChI=1S/C13H11Cl6NO3/c1-2-3-4-23-20-9(21)5-6(10(20)22)12(17)8(15)7(14)11(5,16)13(12,18)19/h5-6H,2-4H2,1H3/t5-,6-,11+,12+/m0/s1. The lowest BCUT2D eigenvalue weighted by molar-refractivity contribution is -0.190. The SMILES string of the molecule is CCCCON1C(=O)[C@@H]2[C@@H](C1=O)[C@@]1(Cl)C(Cl)=C(Cl)[C@@]2(Cl)C1(Cl)Cl. The Kier molecular flexibility index (Phi) is 4.42. The summed E-state index contributed by atoms with van der Waals surface area (Å²) in [4.78, 5) is 27.1. The molecular formula is C13H11Cl6NO3. The number of imide groups is 1. The molecule has 0 N–H and O–H groups in total. The molecule has 0 radical (unpaired) electrons. The van der Waals surface area contributed by atoms with Gasteiger partial charge < -0.3 is 0 Å². The van der Waals surface area contributed by atoms with Crippen molar-refractivity contribution >= 4 is 81.4 Å². The third-order valence-corrected chi connectivity index (χ3v) is 8.85. The van der Waals surface area contributed by atoms with Gasteiger partial charge >= 0.3 is 0 Å². The van der Waals surface area contributed by atoms with Crippen LogP contribution in [0.25, 0.3) is 0 Å². The van der Waals surface area contributed by atoms with Crippen molar-refractivity contribution in [3.8, 4) is 0 Å². The van der Waals surface area contributed by atoms with Crippen LogP contribution in [0.15, 0.2) is 10.1 Å². The van der Waals surface area contributed by atoms with E-state index in [1.54, 1.807) is 0 Å². The van der Waals surface area contributed by atoms with E-state index >= 15 is 0 Å². The molecule has 1 saturated heterocycles. The predicted molar refractivity (Wildman–Crippen MR) is 90.0 cm³/mol. The van der Waals surface area contributed by atoms with Crippen molar-refractivity contribution in [2.75, 3.05) is 6.61 Å². The van der Waals surface area contributed by atoms with Gasteiger partial charge in [0.05, 0.1) is 28.5 Å². The Morgan fingerprint density at radius 1 is 1.00 bits per heavy atom. The van der Waals surface area contributed by atoms with Crippen molar-refractivity contribution in [3.63, 3.8) is 0 Å². The molecule has 1 saturated carbocycles. The highest BCUT2D eigenvalue weighted by Gasteiger charge is 2.87. The lowest BCUT2D eigenvalue weighted by atomic mass is 9.84. The van der Waals surface area contributed by atoms with Crippen LogP contribution in [0.3, 0.4) is 0 Å². The summed E-state index contributed by atoms with van der Waals surface area (Å²) in [5.41, 5.74) is 0. The van der Waals surface area contributed by atoms with E-state index in [-0.39, 0.29) is 16.7 Å². The van der Waals surface area contributed by atoms with E-state index in [0.717, 1.165) is 6.42 Å². The molecule has 3 rings (SSSR count). The number of allylic oxidation sites excluding steroid dienone is 2. The molecule has 1 heterocycles. The highest BCUT2D eigenvalue weighted by Crippen LogP contribution is 2.77. The number of unbranched alkanes of at least 4 members (excludes halogenated alkanes) is 1. The maximum atomic E-state index is 12.7. The number of amides is 2. The quantitative estimate of drug-likeness (QED) is 0.374. The molecular weight excluding hydrogens is 431 g/mol. The van der Waals surface area contributed by atoms with Crippen molar-refractivity contribution in [2.24, 2.45) is 11.8 Å². The van der Waals surface area contributed by atoms with Crippen molar-refractivity contribution in [2.45, 2.75) is 33.8 Å². The number of halogens is 6. The van der Waals surface area contributed by atoms with Gasteiger partial charge in [0.1, 0.15) is 9.75 Å². The first-order valence-electron chi connectivity index (χ1n) is 6.91. The fraction of sp³-hybridized carbons (Fsp3) is 0.692. The zero-order chi connectivity index (χ0) is 17.4. The minimum atomic E-state index is -1.91. The first-order chi connectivity index (χ1) is 10.6. The number of carbonyl (C=O) groups is 2. The molecule has 2 aliphatic carbocycles. The Labute approximate surface area is 162 Å². The van der Waals surface area contributed by atoms with Crippen LogP contribution in [0, 0.1) is 11.8 Å². The van der Waals surface area contributed by atoms with Crippen molar-refractivity contribution in [3.05, 3.63) is 10.1 Å². The van der Waals surface area contributed by atoms with E-state index in [1.807, 2.05) is 6.92 Å². The smallest absolute Gasteiger partial charge is 0.259 e. The first kappa shape index (κ1) is 18.4. The Balaban J connectivity index is 2.06. The summed E-state index contributed by atoms with van der Waals surface area (Å²) in [5, 5.41) is 0.458. The van der Waals surface area contributed by atoms with Gasteiger partial charge in [-0.3, -0.25) is 14.4 Å². The Hall–Kier alpha value is 0.580. The van der Waals surface area contributed by atoms with Gasteiger partial charge in [0.2, 0.25) is 0 Å². The minimum Gasteiger partial charge on any atom is -0.272 e. The van der Waals surface area contributed by atoms with Crippen molar-refractivity contribution < 1.29 is 14.4 Å². The third kappa shape index (κ3) is 1.87. The van der Waals surface area contributed by atoms with E-state index in [1.165, 1.54) is 0 Å². The molecule has 10 heteroatoms. The Bertz CT molecular complexity index is 591. The number of carbonyl (C=O) groups excluding carboxylic acids is 2. The van der Waals surface area contributed by atoms with Crippen molar-refractivity contribution in [1.82, 2.24) is 5.06 Å². The molecule has 128 valence electrons. The second kappa shape index (κ2) is 5.54. The van der Waals surface area contributed by atoms with Crippen LogP contribution in [0.5, 0.6) is 0 Å². The predicted octanol–water partition coefficient (Wildman–Crippen LogP) is 4.16. The number of fused-ring (bicyclic) bond motifs is 5. The maximum absolute atomic E-state index is 12.7. The van der Waals surface area contributed by atoms with Crippen molar-refractivity contribution in [1.29, 1.82) is 0 Å². The van der Waals surface area contributed by atoms with Gasteiger partial charge in [-0.1, -0.05) is 59.7 Å². The van der Waals surface area contributed by atoms with Crippen LogP contribution in [0.4, 0.5) is 0 Å². The number of nitrogens with zero attached hydrogens (tertiary/aromatic N) is 1. The van der Waals surface area contributed by atoms with Crippen LogP contribution in [0.2, 0.25) is 0 Å². The summed E-state index contributed by atoms with van der Waals surface area (Å²) in [6.45, 7) is 2.16. The summed E-state index contributed by atoms with van der Waals surface area (Å²) in [6, 6.07) is 0. The van der Waals surface area contributed by atoms with Crippen LogP contribution in [-0.4, -0.2) is 37.6 Å². The molecule has 4 atom stereocenters. The summed E-state index contributed by atoms with van der Waals surface area (Å²) in [6.07, 6.45) is 1.52.